The van der Waals surface area contributed by atoms with E-state index in [1.807, 2.05) is 40.1 Å². The first kappa shape index (κ1) is 25.4. The van der Waals surface area contributed by atoms with Crippen molar-refractivity contribution in [1.29, 1.82) is 0 Å². The molecule has 1 saturated carbocycles. The zero-order valence-electron chi connectivity index (χ0n) is 22.1. The molecule has 3 aliphatic heterocycles. The molecule has 2 aromatic rings. The van der Waals surface area contributed by atoms with Crippen LogP contribution in [-0.2, 0) is 11.3 Å². The molecule has 4 fully saturated rings. The largest absolute Gasteiger partial charge is 0.387 e. The Hall–Kier alpha value is -2.91. The van der Waals surface area contributed by atoms with Gasteiger partial charge in [0, 0.05) is 44.2 Å². The highest BCUT2D eigenvalue weighted by Crippen LogP contribution is 2.51. The van der Waals surface area contributed by atoms with E-state index in [9.17, 15) is 14.7 Å². The molecule has 0 unspecified atom stereocenters. The molecule has 204 valence electrons. The normalized spacial score (nSPS) is 27.3. The number of carbonyl (C=O) groups excluding carboxylic acids is 1. The summed E-state index contributed by atoms with van der Waals surface area (Å²) in [5, 5.41) is 12.2. The van der Waals surface area contributed by atoms with Gasteiger partial charge in [0.1, 0.15) is 5.82 Å². The van der Waals surface area contributed by atoms with E-state index in [4.69, 9.17) is 4.74 Å². The van der Waals surface area contributed by atoms with E-state index in [-0.39, 0.29) is 24.2 Å². The van der Waals surface area contributed by atoms with Gasteiger partial charge in [-0.2, -0.15) is 0 Å². The molecule has 1 spiro atoms. The monoisotopic (exact) mass is 521 g/mol. The maximum Gasteiger partial charge on any atom is 0.320 e. The number of morpholine rings is 1. The Labute approximate surface area is 224 Å². The highest BCUT2D eigenvalue weighted by Gasteiger charge is 2.56. The van der Waals surface area contributed by atoms with Crippen molar-refractivity contribution in [1.82, 2.24) is 19.4 Å². The number of aromatic nitrogens is 2. The van der Waals surface area contributed by atoms with E-state index in [0.717, 1.165) is 63.0 Å². The predicted octanol–water partition coefficient (Wildman–Crippen LogP) is 3.03. The first-order chi connectivity index (χ1) is 18.5. The molecule has 1 aliphatic carbocycles. The molecule has 0 bridgehead atoms. The molecule has 6 rings (SSSR count). The van der Waals surface area contributed by atoms with Crippen molar-refractivity contribution >= 4 is 11.8 Å². The van der Waals surface area contributed by atoms with E-state index < -0.39 is 11.0 Å². The number of piperidine rings is 1. The van der Waals surface area contributed by atoms with Crippen molar-refractivity contribution in [2.75, 3.05) is 50.8 Å². The summed E-state index contributed by atoms with van der Waals surface area (Å²) >= 11 is 0. The van der Waals surface area contributed by atoms with Gasteiger partial charge in [0.05, 0.1) is 37.7 Å². The zero-order valence-corrected chi connectivity index (χ0v) is 22.1. The van der Waals surface area contributed by atoms with Crippen LogP contribution in [0.25, 0.3) is 0 Å². The van der Waals surface area contributed by atoms with E-state index in [1.165, 1.54) is 0 Å². The van der Waals surface area contributed by atoms with Crippen LogP contribution in [0.5, 0.6) is 0 Å². The summed E-state index contributed by atoms with van der Waals surface area (Å²) in [5.74, 6) is 0.727. The van der Waals surface area contributed by atoms with Crippen LogP contribution in [-0.4, -0.2) is 82.0 Å². The molecule has 2 amide bonds. The molecule has 4 heterocycles. The molecule has 1 aromatic carbocycles. The summed E-state index contributed by atoms with van der Waals surface area (Å²) in [4.78, 5) is 37.6. The standard InChI is InChI=1S/C29H39N5O4/c35-26-18-25(31-13-6-7-14-31)30-22-33(26)21-29(37)12-15-32(20-28(29)10-4-5-11-28)27(36)34-16-17-38-19-24(34)23-8-2-1-3-9-23/h1-3,8-9,18,22,24,37H,4-7,10-17,19-21H2/t24-,29+/m0/s1. The summed E-state index contributed by atoms with van der Waals surface area (Å²) in [7, 11) is 0. The lowest BCUT2D eigenvalue weighted by Gasteiger charge is -2.53. The van der Waals surface area contributed by atoms with Gasteiger partial charge in [-0.3, -0.25) is 9.36 Å². The zero-order chi connectivity index (χ0) is 26.2. The minimum atomic E-state index is -1.06. The molecule has 9 heteroatoms. The molecule has 4 aliphatic rings. The lowest BCUT2D eigenvalue weighted by molar-refractivity contribution is -0.137. The number of hydrogen-bond donors (Lipinski definition) is 1. The fourth-order valence-corrected chi connectivity index (χ4v) is 7.16. The number of likely N-dealkylation sites (tertiary alicyclic amines) is 1. The topological polar surface area (TPSA) is 91.1 Å². The molecule has 1 N–H and O–H groups in total. The SMILES string of the molecule is O=C(N1CC[C@@](O)(Cn2cnc(N3CCCC3)cc2=O)C2(CCCC2)C1)N1CCOC[C@H]1c1ccccc1. The summed E-state index contributed by atoms with van der Waals surface area (Å²) < 4.78 is 7.33. The Morgan fingerprint density at radius 2 is 1.79 bits per heavy atom. The number of ether oxygens (including phenoxy) is 1. The highest BCUT2D eigenvalue weighted by molar-refractivity contribution is 5.75. The average molecular weight is 522 g/mol. The van der Waals surface area contributed by atoms with Crippen LogP contribution in [0.1, 0.15) is 56.6 Å². The Morgan fingerprint density at radius 3 is 2.53 bits per heavy atom. The van der Waals surface area contributed by atoms with E-state index in [0.29, 0.717) is 39.3 Å². The van der Waals surface area contributed by atoms with Crippen molar-refractivity contribution in [3.05, 3.63) is 58.6 Å². The van der Waals surface area contributed by atoms with Crippen LogP contribution in [0, 0.1) is 5.41 Å². The third-order valence-corrected chi connectivity index (χ3v) is 9.39. The molecule has 1 aromatic heterocycles. The van der Waals surface area contributed by atoms with Crippen molar-refractivity contribution in [3.8, 4) is 0 Å². The maximum absolute atomic E-state index is 13.9. The number of nitrogens with zero attached hydrogens (tertiary/aromatic N) is 5. The fraction of sp³-hybridized carbons (Fsp3) is 0.621. The van der Waals surface area contributed by atoms with Gasteiger partial charge in [-0.15, -0.1) is 0 Å². The van der Waals surface area contributed by atoms with Gasteiger partial charge in [-0.05, 0) is 37.7 Å². The number of rotatable bonds is 4. The van der Waals surface area contributed by atoms with Crippen molar-refractivity contribution < 1.29 is 14.6 Å². The van der Waals surface area contributed by atoms with Crippen LogP contribution in [0.4, 0.5) is 10.6 Å². The van der Waals surface area contributed by atoms with Gasteiger partial charge in [0.25, 0.3) is 5.56 Å². The maximum atomic E-state index is 13.9. The molecule has 9 nitrogen and oxygen atoms in total. The quantitative estimate of drug-likeness (QED) is 0.665. The number of amides is 2. The first-order valence-corrected chi connectivity index (χ1v) is 14.2. The molecule has 2 atom stereocenters. The average Bonchev–Trinajstić information content (AvgIpc) is 3.66. The van der Waals surface area contributed by atoms with E-state index >= 15 is 0 Å². The van der Waals surface area contributed by atoms with Crippen LogP contribution in [0.2, 0.25) is 0 Å². The van der Waals surface area contributed by atoms with E-state index in [1.54, 1.807) is 17.0 Å². The van der Waals surface area contributed by atoms with Crippen molar-refractivity contribution in [2.24, 2.45) is 5.41 Å². The summed E-state index contributed by atoms with van der Waals surface area (Å²) in [6, 6.07) is 11.6. The fourth-order valence-electron chi connectivity index (χ4n) is 7.16. The van der Waals surface area contributed by atoms with Gasteiger partial charge in [-0.25, -0.2) is 9.78 Å². The summed E-state index contributed by atoms with van der Waals surface area (Å²) in [6.45, 7) is 4.62. The number of benzene rings is 1. The Kier molecular flexibility index (Phi) is 6.90. The van der Waals surface area contributed by atoms with Gasteiger partial charge in [0.2, 0.25) is 0 Å². The lowest BCUT2D eigenvalue weighted by Crippen LogP contribution is -2.64. The number of anilines is 1. The second-order valence-electron chi connectivity index (χ2n) is 11.6. The highest BCUT2D eigenvalue weighted by atomic mass is 16.5. The Balaban J connectivity index is 1.21. The number of aliphatic hydroxyl groups is 1. The van der Waals surface area contributed by atoms with Crippen LogP contribution in [0.3, 0.4) is 0 Å². The molecule has 38 heavy (non-hydrogen) atoms. The predicted molar refractivity (Wildman–Crippen MR) is 144 cm³/mol. The summed E-state index contributed by atoms with van der Waals surface area (Å²) in [5.41, 5.74) is -0.539. The smallest absolute Gasteiger partial charge is 0.320 e. The number of urea groups is 1. The molecular weight excluding hydrogens is 482 g/mol. The number of hydrogen-bond acceptors (Lipinski definition) is 6. The van der Waals surface area contributed by atoms with Crippen molar-refractivity contribution in [3.63, 3.8) is 0 Å². The van der Waals surface area contributed by atoms with Gasteiger partial charge >= 0.3 is 6.03 Å². The first-order valence-electron chi connectivity index (χ1n) is 14.2. The minimum absolute atomic E-state index is 0.0178. The lowest BCUT2D eigenvalue weighted by atomic mass is 9.66. The molecular formula is C29H39N5O4. The second kappa shape index (κ2) is 10.3. The van der Waals surface area contributed by atoms with Crippen LogP contribution in [0.15, 0.2) is 47.5 Å². The van der Waals surface area contributed by atoms with E-state index in [2.05, 4.69) is 9.88 Å². The number of carbonyl (C=O) groups is 1. The van der Waals surface area contributed by atoms with Gasteiger partial charge in [0.15, 0.2) is 0 Å². The van der Waals surface area contributed by atoms with Crippen LogP contribution >= 0.6 is 0 Å². The third kappa shape index (κ3) is 4.60. The third-order valence-electron chi connectivity index (χ3n) is 9.39. The Morgan fingerprint density at radius 1 is 1.03 bits per heavy atom. The van der Waals surface area contributed by atoms with Gasteiger partial charge < -0.3 is 24.5 Å². The van der Waals surface area contributed by atoms with Crippen LogP contribution < -0.4 is 10.5 Å². The molecule has 0 radical (unpaired) electrons. The molecule has 3 saturated heterocycles. The van der Waals surface area contributed by atoms with Gasteiger partial charge in [-0.1, -0.05) is 43.2 Å². The Bertz CT molecular complexity index is 1190. The minimum Gasteiger partial charge on any atom is -0.387 e. The summed E-state index contributed by atoms with van der Waals surface area (Å²) in [6.07, 6.45) is 8.05. The second-order valence-corrected chi connectivity index (χ2v) is 11.6. The van der Waals surface area contributed by atoms with Crippen molar-refractivity contribution in [2.45, 2.75) is 63.1 Å².